The number of hydrogen-bond acceptors (Lipinski definition) is 7. The molecule has 0 bridgehead atoms. The van der Waals surface area contributed by atoms with E-state index in [4.69, 9.17) is 14.2 Å². The van der Waals surface area contributed by atoms with E-state index in [1.165, 1.54) is 13.4 Å². The fourth-order valence-electron chi connectivity index (χ4n) is 6.37. The molecule has 7 heteroatoms. The van der Waals surface area contributed by atoms with Crippen LogP contribution in [0.15, 0.2) is 60.4 Å². The number of carbonyl (C=O) groups is 2. The number of carbonyl (C=O) groups excluding carboxylic acids is 2. The highest BCUT2D eigenvalue weighted by Crippen LogP contribution is 2.50. The molecule has 2 fully saturated rings. The molecule has 3 aliphatic heterocycles. The molecule has 0 aromatic heterocycles. The van der Waals surface area contributed by atoms with Crippen molar-refractivity contribution < 1.29 is 23.8 Å². The third-order valence-electron chi connectivity index (χ3n) is 8.16. The average molecular weight is 491 g/mol. The quantitative estimate of drug-likeness (QED) is 0.349. The first-order valence-corrected chi connectivity index (χ1v) is 12.7. The Morgan fingerprint density at radius 3 is 2.69 bits per heavy atom. The zero-order chi connectivity index (χ0) is 25.3. The molecule has 5 rings (SSSR count). The molecule has 3 heterocycles. The maximum absolute atomic E-state index is 14.2. The van der Waals surface area contributed by atoms with Gasteiger partial charge in [0, 0.05) is 24.8 Å². The molecule has 7 nitrogen and oxygen atoms in total. The van der Waals surface area contributed by atoms with Crippen LogP contribution in [0.1, 0.15) is 42.1 Å². The normalized spacial score (nSPS) is 27.4. The summed E-state index contributed by atoms with van der Waals surface area (Å²) < 4.78 is 16.5. The molecule has 0 amide bonds. The van der Waals surface area contributed by atoms with Gasteiger partial charge in [-0.15, -0.1) is 0 Å². The molecule has 190 valence electrons. The number of rotatable bonds is 7. The second kappa shape index (κ2) is 9.97. The number of ether oxygens (including phenoxy) is 3. The molecule has 4 atom stereocenters. The smallest absolute Gasteiger partial charge is 0.337 e. The van der Waals surface area contributed by atoms with Gasteiger partial charge in [0.2, 0.25) is 0 Å². The molecular weight excluding hydrogens is 456 g/mol. The molecule has 2 saturated heterocycles. The van der Waals surface area contributed by atoms with Crippen molar-refractivity contribution in [1.82, 2.24) is 4.90 Å². The Labute approximate surface area is 212 Å². The molecule has 0 radical (unpaired) electrons. The van der Waals surface area contributed by atoms with Gasteiger partial charge in [0.15, 0.2) is 5.78 Å². The minimum Gasteiger partial charge on any atom is -0.504 e. The lowest BCUT2D eigenvalue weighted by Gasteiger charge is -2.45. The van der Waals surface area contributed by atoms with Gasteiger partial charge in [0.05, 0.1) is 31.6 Å². The van der Waals surface area contributed by atoms with Crippen LogP contribution in [0.2, 0.25) is 0 Å². The fraction of sp³-hybridized carbons (Fsp3) is 0.448. The number of Topliss-reactive ketones (excluding diaryl/α,β-unsaturated/α-hetero) is 1. The average Bonchev–Trinajstić information content (AvgIpc) is 3.42. The minimum atomic E-state index is -0.736. The topological polar surface area (TPSA) is 77.1 Å². The van der Waals surface area contributed by atoms with E-state index >= 15 is 0 Å². The number of hydrogen-bond donors (Lipinski definition) is 1. The highest BCUT2D eigenvalue weighted by molar-refractivity contribution is 6.16. The second-order valence-electron chi connectivity index (χ2n) is 9.95. The number of esters is 1. The van der Waals surface area contributed by atoms with E-state index in [-0.39, 0.29) is 29.6 Å². The lowest BCUT2D eigenvalue weighted by atomic mass is 9.72. The maximum Gasteiger partial charge on any atom is 0.337 e. The zero-order valence-corrected chi connectivity index (χ0v) is 21.2. The van der Waals surface area contributed by atoms with E-state index in [1.807, 2.05) is 48.5 Å². The Morgan fingerprint density at radius 1 is 1.17 bits per heavy atom. The van der Waals surface area contributed by atoms with Crippen molar-refractivity contribution in [2.75, 3.05) is 32.6 Å². The minimum absolute atomic E-state index is 0.0444. The highest BCUT2D eigenvalue weighted by Gasteiger charge is 2.59. The van der Waals surface area contributed by atoms with Gasteiger partial charge in [0.25, 0.3) is 0 Å². The summed E-state index contributed by atoms with van der Waals surface area (Å²) in [5, 5.41) is 3.63. The van der Waals surface area contributed by atoms with Crippen molar-refractivity contribution in [2.24, 2.45) is 11.8 Å². The molecule has 1 spiro atoms. The summed E-state index contributed by atoms with van der Waals surface area (Å²) in [6.07, 6.45) is 3.84. The largest absolute Gasteiger partial charge is 0.504 e. The number of piperidine rings is 1. The molecule has 2 aromatic carbocycles. The van der Waals surface area contributed by atoms with Gasteiger partial charge in [-0.1, -0.05) is 49.7 Å². The van der Waals surface area contributed by atoms with Crippen molar-refractivity contribution in [3.63, 3.8) is 0 Å². The SMILES string of the molecule is CC[C@@H]1CN2CC[C@]3(Nc4cccc(OCc5ccccc5)c4C3=O)[C@@H]2C[C@@H]1/C(=C\OC)C(=O)OC. The van der Waals surface area contributed by atoms with Crippen LogP contribution in [-0.2, 0) is 20.9 Å². The van der Waals surface area contributed by atoms with E-state index in [1.54, 1.807) is 7.11 Å². The first-order chi connectivity index (χ1) is 17.5. The van der Waals surface area contributed by atoms with E-state index in [0.29, 0.717) is 36.3 Å². The molecule has 3 aliphatic rings. The summed E-state index contributed by atoms with van der Waals surface area (Å²) in [5.41, 5.74) is 2.31. The highest BCUT2D eigenvalue weighted by atomic mass is 16.5. The van der Waals surface area contributed by atoms with Gasteiger partial charge in [-0.25, -0.2) is 4.79 Å². The number of methoxy groups -OCH3 is 2. The molecule has 2 aromatic rings. The summed E-state index contributed by atoms with van der Waals surface area (Å²) in [7, 11) is 2.94. The predicted octanol–water partition coefficient (Wildman–Crippen LogP) is 4.44. The molecular formula is C29H34N2O5. The van der Waals surface area contributed by atoms with Crippen molar-refractivity contribution in [2.45, 2.75) is 44.4 Å². The van der Waals surface area contributed by atoms with Crippen LogP contribution in [0, 0.1) is 11.8 Å². The third-order valence-corrected chi connectivity index (χ3v) is 8.16. The number of nitrogens with zero attached hydrogens (tertiary/aromatic N) is 1. The summed E-state index contributed by atoms with van der Waals surface area (Å²) in [6.45, 7) is 4.21. The monoisotopic (exact) mass is 490 g/mol. The van der Waals surface area contributed by atoms with Gasteiger partial charge in [0.1, 0.15) is 17.9 Å². The van der Waals surface area contributed by atoms with Crippen molar-refractivity contribution in [1.29, 1.82) is 0 Å². The fourth-order valence-corrected chi connectivity index (χ4v) is 6.37. The Hall–Kier alpha value is -3.32. The Kier molecular flexibility index (Phi) is 6.75. The number of anilines is 1. The van der Waals surface area contributed by atoms with Gasteiger partial charge in [-0.2, -0.15) is 0 Å². The first-order valence-electron chi connectivity index (χ1n) is 12.7. The van der Waals surface area contributed by atoms with Gasteiger partial charge < -0.3 is 19.5 Å². The van der Waals surface area contributed by atoms with Crippen LogP contribution in [0.4, 0.5) is 5.69 Å². The Balaban J connectivity index is 1.44. The lowest BCUT2D eigenvalue weighted by molar-refractivity contribution is -0.137. The maximum atomic E-state index is 14.2. The van der Waals surface area contributed by atoms with Crippen LogP contribution in [0.3, 0.4) is 0 Å². The third kappa shape index (κ3) is 4.05. The van der Waals surface area contributed by atoms with Crippen LogP contribution >= 0.6 is 0 Å². The standard InChI is InChI=1S/C29H34N2O5/c1-4-20-16-31-14-13-29(25(31)15-21(20)22(18-34-2)28(33)35-3)27(32)26-23(30-29)11-8-12-24(26)36-17-19-9-6-5-7-10-19/h5-12,18,20-21,25,30H,4,13-17H2,1-3H3/b22-18+/t20-,21+,25+,29+/m1/s1. The van der Waals surface area contributed by atoms with E-state index in [9.17, 15) is 9.59 Å². The Bertz CT molecular complexity index is 1160. The summed E-state index contributed by atoms with van der Waals surface area (Å²) in [5.74, 6) is 0.549. The first kappa shape index (κ1) is 24.4. The number of nitrogens with one attached hydrogen (secondary N) is 1. The number of benzene rings is 2. The van der Waals surface area contributed by atoms with E-state index in [2.05, 4.69) is 17.1 Å². The summed E-state index contributed by atoms with van der Waals surface area (Å²) >= 11 is 0. The van der Waals surface area contributed by atoms with Crippen LogP contribution in [-0.4, -0.2) is 55.5 Å². The van der Waals surface area contributed by atoms with Crippen LogP contribution in [0.25, 0.3) is 0 Å². The number of fused-ring (bicyclic) bond motifs is 3. The Morgan fingerprint density at radius 2 is 1.97 bits per heavy atom. The van der Waals surface area contributed by atoms with Crippen LogP contribution in [0.5, 0.6) is 5.75 Å². The zero-order valence-electron chi connectivity index (χ0n) is 21.2. The van der Waals surface area contributed by atoms with Gasteiger partial charge >= 0.3 is 5.97 Å². The molecule has 1 N–H and O–H groups in total. The summed E-state index contributed by atoms with van der Waals surface area (Å²) in [6, 6.07) is 15.7. The summed E-state index contributed by atoms with van der Waals surface area (Å²) in [4.78, 5) is 29.2. The lowest BCUT2D eigenvalue weighted by Crippen LogP contribution is -2.57. The molecule has 0 aliphatic carbocycles. The molecule has 36 heavy (non-hydrogen) atoms. The van der Waals surface area contributed by atoms with Crippen molar-refractivity contribution in [3.05, 3.63) is 71.5 Å². The van der Waals surface area contributed by atoms with Crippen LogP contribution < -0.4 is 10.1 Å². The van der Waals surface area contributed by atoms with Crippen molar-refractivity contribution >= 4 is 17.4 Å². The van der Waals surface area contributed by atoms with E-state index < -0.39 is 5.54 Å². The molecule has 0 unspecified atom stereocenters. The van der Waals surface area contributed by atoms with Gasteiger partial charge in [-0.05, 0) is 42.4 Å². The molecule has 0 saturated carbocycles. The van der Waals surface area contributed by atoms with E-state index in [0.717, 1.165) is 30.8 Å². The van der Waals surface area contributed by atoms with Gasteiger partial charge in [-0.3, -0.25) is 9.69 Å². The number of ketones is 1. The second-order valence-corrected chi connectivity index (χ2v) is 9.95. The predicted molar refractivity (Wildman–Crippen MR) is 137 cm³/mol. The van der Waals surface area contributed by atoms with Crippen molar-refractivity contribution in [3.8, 4) is 5.75 Å².